The number of nitrogens with one attached hydrogen (secondary N) is 1. The molecule has 0 unspecified atom stereocenters. The molecule has 0 fully saturated rings. The first-order valence-corrected chi connectivity index (χ1v) is 8.83. The molecule has 0 spiro atoms. The van der Waals surface area contributed by atoms with Gasteiger partial charge in [0.1, 0.15) is 0 Å². The lowest BCUT2D eigenvalue weighted by atomic mass is 10.1. The molecule has 0 saturated heterocycles. The van der Waals surface area contributed by atoms with Gasteiger partial charge in [-0.25, -0.2) is 4.98 Å². The molecule has 5 nitrogen and oxygen atoms in total. The maximum absolute atomic E-state index is 12.8. The maximum atomic E-state index is 12.8. The van der Waals surface area contributed by atoms with Gasteiger partial charge in [0.25, 0.3) is 5.91 Å². The molecule has 0 aliphatic carbocycles. The average Bonchev–Trinajstić information content (AvgIpc) is 3.11. The van der Waals surface area contributed by atoms with Crippen molar-refractivity contribution in [1.82, 2.24) is 14.1 Å². The quantitative estimate of drug-likeness (QED) is 0.597. The predicted molar refractivity (Wildman–Crippen MR) is 106 cm³/mol. The lowest BCUT2D eigenvalue weighted by molar-refractivity contribution is 0.102. The van der Waals surface area contributed by atoms with E-state index in [1.54, 1.807) is 0 Å². The molecule has 0 aliphatic rings. The van der Waals surface area contributed by atoms with Crippen molar-refractivity contribution in [1.29, 1.82) is 0 Å². The number of aryl methyl sites for hydroxylation is 3. The molecule has 2 aromatic heterocycles. The number of anilines is 1. The van der Waals surface area contributed by atoms with Crippen molar-refractivity contribution in [3.63, 3.8) is 0 Å². The van der Waals surface area contributed by atoms with Gasteiger partial charge in [0.15, 0.2) is 0 Å². The molecule has 1 amide bonds. The van der Waals surface area contributed by atoms with Crippen molar-refractivity contribution < 1.29 is 4.79 Å². The van der Waals surface area contributed by atoms with Gasteiger partial charge >= 0.3 is 0 Å². The molecule has 0 atom stereocenters. The predicted octanol–water partition coefficient (Wildman–Crippen LogP) is 4.42. The van der Waals surface area contributed by atoms with Gasteiger partial charge in [0.2, 0.25) is 5.95 Å². The molecule has 0 radical (unpaired) electrons. The fourth-order valence-electron chi connectivity index (χ4n) is 3.56. The van der Waals surface area contributed by atoms with Crippen LogP contribution in [0.3, 0.4) is 0 Å². The van der Waals surface area contributed by atoms with Gasteiger partial charge in [-0.05, 0) is 56.7 Å². The Balaban J connectivity index is 1.73. The number of hydrogen-bond acceptors (Lipinski definition) is 2. The van der Waals surface area contributed by atoms with Crippen LogP contribution < -0.4 is 5.32 Å². The Morgan fingerprint density at radius 1 is 1.12 bits per heavy atom. The van der Waals surface area contributed by atoms with Crippen LogP contribution >= 0.6 is 0 Å². The average molecular weight is 346 g/mol. The lowest BCUT2D eigenvalue weighted by Crippen LogP contribution is -2.15. The molecule has 0 bridgehead atoms. The highest BCUT2D eigenvalue weighted by molar-refractivity contribution is 6.06. The van der Waals surface area contributed by atoms with Crippen LogP contribution in [0.1, 0.15) is 28.5 Å². The standard InChI is InChI=1S/C21H22N4O/c1-5-25-19-9-7-6-8-17(19)22-21(25)23-20(26)15-10-11-18-16(12-15)13(2)14(3)24(18)4/h6-12H,5H2,1-4H3,(H,22,23,26). The Bertz CT molecular complexity index is 1150. The van der Waals surface area contributed by atoms with Gasteiger partial charge in [0.05, 0.1) is 11.0 Å². The van der Waals surface area contributed by atoms with E-state index in [4.69, 9.17) is 0 Å². The van der Waals surface area contributed by atoms with Crippen LogP contribution in [0.15, 0.2) is 42.5 Å². The fourth-order valence-corrected chi connectivity index (χ4v) is 3.56. The van der Waals surface area contributed by atoms with E-state index >= 15 is 0 Å². The lowest BCUT2D eigenvalue weighted by Gasteiger charge is -2.08. The molecule has 2 heterocycles. The van der Waals surface area contributed by atoms with E-state index < -0.39 is 0 Å². The van der Waals surface area contributed by atoms with Gasteiger partial charge in [0, 0.05) is 35.8 Å². The number of imidazole rings is 1. The highest BCUT2D eigenvalue weighted by Crippen LogP contribution is 2.26. The molecule has 0 saturated carbocycles. The second kappa shape index (κ2) is 6.02. The summed E-state index contributed by atoms with van der Waals surface area (Å²) in [4.78, 5) is 17.4. The monoisotopic (exact) mass is 346 g/mol. The van der Waals surface area contributed by atoms with E-state index in [1.807, 2.05) is 61.0 Å². The minimum Gasteiger partial charge on any atom is -0.348 e. The summed E-state index contributed by atoms with van der Waals surface area (Å²) in [5, 5.41) is 4.09. The van der Waals surface area contributed by atoms with Crippen LogP contribution in [0, 0.1) is 13.8 Å². The van der Waals surface area contributed by atoms with E-state index in [9.17, 15) is 4.79 Å². The normalized spacial score (nSPS) is 11.4. The molecule has 26 heavy (non-hydrogen) atoms. The summed E-state index contributed by atoms with van der Waals surface area (Å²) in [6.07, 6.45) is 0. The molecule has 132 valence electrons. The molecule has 5 heteroatoms. The van der Waals surface area contributed by atoms with Gasteiger partial charge in [-0.3, -0.25) is 10.1 Å². The van der Waals surface area contributed by atoms with Crippen molar-refractivity contribution in [2.24, 2.45) is 7.05 Å². The summed E-state index contributed by atoms with van der Waals surface area (Å²) < 4.78 is 4.17. The van der Waals surface area contributed by atoms with Crippen LogP contribution in [0.5, 0.6) is 0 Å². The summed E-state index contributed by atoms with van der Waals surface area (Å²) in [6.45, 7) is 6.98. The second-order valence-corrected chi connectivity index (χ2v) is 6.62. The van der Waals surface area contributed by atoms with Crippen LogP contribution in [0.2, 0.25) is 0 Å². The maximum Gasteiger partial charge on any atom is 0.257 e. The summed E-state index contributed by atoms with van der Waals surface area (Å²) in [5.74, 6) is 0.442. The number of carbonyl (C=O) groups is 1. The van der Waals surface area contributed by atoms with Crippen molar-refractivity contribution in [2.45, 2.75) is 27.3 Å². The highest BCUT2D eigenvalue weighted by Gasteiger charge is 2.15. The molecular formula is C21H22N4O. The largest absolute Gasteiger partial charge is 0.348 e. The zero-order chi connectivity index (χ0) is 18.4. The highest BCUT2D eigenvalue weighted by atomic mass is 16.1. The number of rotatable bonds is 3. The molecule has 2 aromatic carbocycles. The van der Waals surface area contributed by atoms with Gasteiger partial charge in [-0.15, -0.1) is 0 Å². The first kappa shape index (κ1) is 16.4. The third kappa shape index (κ3) is 2.39. The first-order valence-electron chi connectivity index (χ1n) is 8.83. The third-order valence-corrected chi connectivity index (χ3v) is 5.27. The molecular weight excluding hydrogens is 324 g/mol. The number of nitrogens with zero attached hydrogens (tertiary/aromatic N) is 3. The van der Waals surface area contributed by atoms with E-state index in [0.29, 0.717) is 11.5 Å². The van der Waals surface area contributed by atoms with E-state index in [-0.39, 0.29) is 5.91 Å². The van der Waals surface area contributed by atoms with Crippen molar-refractivity contribution in [3.05, 3.63) is 59.3 Å². The number of fused-ring (bicyclic) bond motifs is 2. The van der Waals surface area contributed by atoms with Gasteiger partial charge in [-0.1, -0.05) is 12.1 Å². The smallest absolute Gasteiger partial charge is 0.257 e. The summed E-state index contributed by atoms with van der Waals surface area (Å²) in [5.41, 5.74) is 6.10. The third-order valence-electron chi connectivity index (χ3n) is 5.27. The summed E-state index contributed by atoms with van der Waals surface area (Å²) >= 11 is 0. The number of hydrogen-bond donors (Lipinski definition) is 1. The van der Waals surface area contributed by atoms with Gasteiger partial charge < -0.3 is 9.13 Å². The Morgan fingerprint density at radius 3 is 2.65 bits per heavy atom. The van der Waals surface area contributed by atoms with E-state index in [1.165, 1.54) is 11.3 Å². The minimum atomic E-state index is -0.141. The van der Waals surface area contributed by atoms with Crippen LogP contribution in [-0.4, -0.2) is 20.0 Å². The molecule has 4 rings (SSSR count). The SMILES string of the molecule is CCn1c(NC(=O)c2ccc3c(c2)c(C)c(C)n3C)nc2ccccc21. The van der Waals surface area contributed by atoms with Crippen molar-refractivity contribution in [2.75, 3.05) is 5.32 Å². The number of carbonyl (C=O) groups excluding carboxylic acids is 1. The minimum absolute atomic E-state index is 0.141. The number of para-hydroxylation sites is 2. The van der Waals surface area contributed by atoms with Crippen LogP contribution in [-0.2, 0) is 13.6 Å². The number of aromatic nitrogens is 3. The second-order valence-electron chi connectivity index (χ2n) is 6.62. The van der Waals surface area contributed by atoms with E-state index in [0.717, 1.165) is 28.5 Å². The summed E-state index contributed by atoms with van der Waals surface area (Å²) in [6, 6.07) is 13.8. The summed E-state index contributed by atoms with van der Waals surface area (Å²) in [7, 11) is 2.05. The van der Waals surface area contributed by atoms with Crippen LogP contribution in [0.25, 0.3) is 21.9 Å². The van der Waals surface area contributed by atoms with Crippen LogP contribution in [0.4, 0.5) is 5.95 Å². The number of benzene rings is 2. The first-order chi connectivity index (χ1) is 12.5. The Morgan fingerprint density at radius 2 is 1.88 bits per heavy atom. The Kier molecular flexibility index (Phi) is 3.80. The van der Waals surface area contributed by atoms with Crippen molar-refractivity contribution >= 4 is 33.8 Å². The molecule has 4 aromatic rings. The topological polar surface area (TPSA) is 51.9 Å². The Hall–Kier alpha value is -3.08. The number of amides is 1. The van der Waals surface area contributed by atoms with E-state index in [2.05, 4.69) is 28.7 Å². The Labute approximate surface area is 152 Å². The fraction of sp³-hybridized carbons (Fsp3) is 0.238. The zero-order valence-corrected chi connectivity index (χ0v) is 15.5. The van der Waals surface area contributed by atoms with Gasteiger partial charge in [-0.2, -0.15) is 0 Å². The molecule has 1 N–H and O–H groups in total. The van der Waals surface area contributed by atoms with Crippen molar-refractivity contribution in [3.8, 4) is 0 Å². The molecule has 0 aliphatic heterocycles. The zero-order valence-electron chi connectivity index (χ0n) is 15.5.